The summed E-state index contributed by atoms with van der Waals surface area (Å²) in [5.41, 5.74) is 1.90. The summed E-state index contributed by atoms with van der Waals surface area (Å²) < 4.78 is 5.60. The van der Waals surface area contributed by atoms with Gasteiger partial charge in [-0.05, 0) is 44.6 Å². The summed E-state index contributed by atoms with van der Waals surface area (Å²) in [6, 6.07) is 5.77. The molecule has 2 aromatic rings. The van der Waals surface area contributed by atoms with Crippen molar-refractivity contribution in [2.75, 3.05) is 13.6 Å². The lowest BCUT2D eigenvalue weighted by Gasteiger charge is -2.00. The third kappa shape index (κ3) is 3.09. The third-order valence-electron chi connectivity index (χ3n) is 2.64. The van der Waals surface area contributed by atoms with Gasteiger partial charge >= 0.3 is 0 Å². The molecule has 0 spiro atoms. The number of benzene rings is 1. The second-order valence-electron chi connectivity index (χ2n) is 4.19. The molecule has 1 aromatic heterocycles. The van der Waals surface area contributed by atoms with Crippen molar-refractivity contribution in [2.45, 2.75) is 19.8 Å². The topological polar surface area (TPSA) is 51.0 Å². The fourth-order valence-corrected chi connectivity index (χ4v) is 1.99. The summed E-state index contributed by atoms with van der Waals surface area (Å²) >= 11 is 6.16. The molecule has 0 aliphatic rings. The molecule has 4 nitrogen and oxygen atoms in total. The third-order valence-corrected chi connectivity index (χ3v) is 2.95. The van der Waals surface area contributed by atoms with Gasteiger partial charge in [0.2, 0.25) is 11.8 Å². The maximum absolute atomic E-state index is 6.16. The van der Waals surface area contributed by atoms with Crippen molar-refractivity contribution in [3.8, 4) is 11.5 Å². The van der Waals surface area contributed by atoms with E-state index in [9.17, 15) is 0 Å². The summed E-state index contributed by atoms with van der Waals surface area (Å²) in [6.45, 7) is 2.93. The molecule has 1 N–H and O–H groups in total. The number of nitrogens with one attached hydrogen (secondary N) is 1. The Hall–Kier alpha value is -1.39. The van der Waals surface area contributed by atoms with Crippen LogP contribution in [0.5, 0.6) is 0 Å². The lowest BCUT2D eigenvalue weighted by molar-refractivity contribution is 0.495. The highest BCUT2D eigenvalue weighted by molar-refractivity contribution is 6.33. The van der Waals surface area contributed by atoms with Gasteiger partial charge in [-0.2, -0.15) is 0 Å². The highest BCUT2D eigenvalue weighted by atomic mass is 35.5. The molecular formula is C13H16ClN3O. The van der Waals surface area contributed by atoms with Crippen molar-refractivity contribution in [3.05, 3.63) is 34.7 Å². The van der Waals surface area contributed by atoms with Crippen LogP contribution >= 0.6 is 11.6 Å². The number of halogens is 1. The molecule has 0 saturated heterocycles. The minimum atomic E-state index is 0.486. The van der Waals surface area contributed by atoms with Crippen LogP contribution in [0, 0.1) is 6.92 Å². The summed E-state index contributed by atoms with van der Waals surface area (Å²) in [6.07, 6.45) is 1.75. The van der Waals surface area contributed by atoms with Crippen LogP contribution in [0.25, 0.3) is 11.5 Å². The maximum atomic E-state index is 6.16. The summed E-state index contributed by atoms with van der Waals surface area (Å²) in [7, 11) is 1.92. The van der Waals surface area contributed by atoms with E-state index < -0.39 is 0 Å². The van der Waals surface area contributed by atoms with Gasteiger partial charge in [-0.3, -0.25) is 0 Å². The number of nitrogens with zero attached hydrogens (tertiary/aromatic N) is 2. The van der Waals surface area contributed by atoms with Crippen molar-refractivity contribution in [1.82, 2.24) is 15.5 Å². The van der Waals surface area contributed by atoms with E-state index in [0.29, 0.717) is 16.8 Å². The van der Waals surface area contributed by atoms with Gasteiger partial charge in [0.25, 0.3) is 0 Å². The Bertz CT molecular complexity index is 525. The minimum Gasteiger partial charge on any atom is -0.421 e. The van der Waals surface area contributed by atoms with E-state index in [4.69, 9.17) is 16.0 Å². The van der Waals surface area contributed by atoms with Crippen LogP contribution in [-0.2, 0) is 6.42 Å². The van der Waals surface area contributed by atoms with Crippen molar-refractivity contribution in [1.29, 1.82) is 0 Å². The predicted octanol–water partition coefficient (Wildman–Crippen LogP) is 2.85. The average Bonchev–Trinajstić information content (AvgIpc) is 2.78. The summed E-state index contributed by atoms with van der Waals surface area (Å²) in [5.74, 6) is 1.14. The Morgan fingerprint density at radius 3 is 2.89 bits per heavy atom. The van der Waals surface area contributed by atoms with Crippen LogP contribution in [0.2, 0.25) is 5.02 Å². The molecule has 1 heterocycles. The minimum absolute atomic E-state index is 0.486. The van der Waals surface area contributed by atoms with Crippen LogP contribution in [0.1, 0.15) is 17.9 Å². The lowest BCUT2D eigenvalue weighted by atomic mass is 10.1. The molecule has 18 heavy (non-hydrogen) atoms. The van der Waals surface area contributed by atoms with Gasteiger partial charge < -0.3 is 9.73 Å². The molecule has 0 radical (unpaired) electrons. The first-order valence-electron chi connectivity index (χ1n) is 5.94. The predicted molar refractivity (Wildman–Crippen MR) is 71.7 cm³/mol. The molecule has 0 aliphatic carbocycles. The molecule has 0 unspecified atom stereocenters. The molecule has 0 fully saturated rings. The van der Waals surface area contributed by atoms with E-state index in [1.54, 1.807) is 0 Å². The molecule has 0 bridgehead atoms. The molecule has 0 saturated carbocycles. The fourth-order valence-electron chi connectivity index (χ4n) is 1.67. The van der Waals surface area contributed by atoms with Crippen molar-refractivity contribution in [3.63, 3.8) is 0 Å². The number of aryl methyl sites for hydroxylation is 2. The molecule has 2 rings (SSSR count). The first-order chi connectivity index (χ1) is 8.70. The molecular weight excluding hydrogens is 250 g/mol. The van der Waals surface area contributed by atoms with Crippen LogP contribution in [0.4, 0.5) is 0 Å². The van der Waals surface area contributed by atoms with Gasteiger partial charge in [-0.1, -0.05) is 17.7 Å². The first-order valence-corrected chi connectivity index (χ1v) is 6.32. The van der Waals surface area contributed by atoms with E-state index in [1.807, 2.05) is 32.2 Å². The highest BCUT2D eigenvalue weighted by Crippen LogP contribution is 2.27. The van der Waals surface area contributed by atoms with Gasteiger partial charge in [0, 0.05) is 6.42 Å². The second kappa shape index (κ2) is 5.98. The van der Waals surface area contributed by atoms with E-state index >= 15 is 0 Å². The van der Waals surface area contributed by atoms with E-state index in [2.05, 4.69) is 15.5 Å². The monoisotopic (exact) mass is 265 g/mol. The zero-order valence-electron chi connectivity index (χ0n) is 10.5. The summed E-state index contributed by atoms with van der Waals surface area (Å²) in [5, 5.41) is 11.8. The number of rotatable bonds is 5. The quantitative estimate of drug-likeness (QED) is 0.845. The highest BCUT2D eigenvalue weighted by Gasteiger charge is 2.11. The van der Waals surface area contributed by atoms with Crippen molar-refractivity contribution >= 4 is 11.6 Å². The lowest BCUT2D eigenvalue weighted by Crippen LogP contribution is -2.08. The number of hydrogen-bond donors (Lipinski definition) is 1. The van der Waals surface area contributed by atoms with E-state index in [0.717, 1.165) is 30.5 Å². The van der Waals surface area contributed by atoms with Crippen molar-refractivity contribution < 1.29 is 4.42 Å². The Morgan fingerprint density at radius 2 is 2.17 bits per heavy atom. The van der Waals surface area contributed by atoms with Gasteiger partial charge in [0.15, 0.2) is 0 Å². The van der Waals surface area contributed by atoms with Gasteiger partial charge in [0.1, 0.15) is 0 Å². The van der Waals surface area contributed by atoms with Crippen LogP contribution in [0.3, 0.4) is 0 Å². The van der Waals surface area contributed by atoms with Crippen LogP contribution in [-0.4, -0.2) is 23.8 Å². The molecule has 96 valence electrons. The Kier molecular flexibility index (Phi) is 4.33. The largest absolute Gasteiger partial charge is 0.421 e. The smallest absolute Gasteiger partial charge is 0.249 e. The molecule has 0 aliphatic heterocycles. The number of aromatic nitrogens is 2. The van der Waals surface area contributed by atoms with Gasteiger partial charge in [-0.15, -0.1) is 10.2 Å². The normalized spacial score (nSPS) is 10.8. The zero-order chi connectivity index (χ0) is 13.0. The standard InChI is InChI=1S/C13H16ClN3O/c1-9-5-6-10(11(14)8-9)13-17-16-12(18-13)4-3-7-15-2/h5-6,8,15H,3-4,7H2,1-2H3. The van der Waals surface area contributed by atoms with Crippen LogP contribution in [0.15, 0.2) is 22.6 Å². The van der Waals surface area contributed by atoms with Gasteiger partial charge in [0.05, 0.1) is 10.6 Å². The average molecular weight is 266 g/mol. The Labute approximate surface area is 111 Å². The fraction of sp³-hybridized carbons (Fsp3) is 0.385. The van der Waals surface area contributed by atoms with Crippen LogP contribution < -0.4 is 5.32 Å². The molecule has 1 aromatic carbocycles. The Morgan fingerprint density at radius 1 is 1.33 bits per heavy atom. The first kappa shape index (κ1) is 13.1. The maximum Gasteiger partial charge on any atom is 0.249 e. The molecule has 5 heteroatoms. The SMILES string of the molecule is CNCCCc1nnc(-c2ccc(C)cc2Cl)o1. The van der Waals surface area contributed by atoms with E-state index in [1.165, 1.54) is 0 Å². The zero-order valence-corrected chi connectivity index (χ0v) is 11.3. The second-order valence-corrected chi connectivity index (χ2v) is 4.60. The Balaban J connectivity index is 2.13. The number of hydrogen-bond acceptors (Lipinski definition) is 4. The van der Waals surface area contributed by atoms with E-state index in [-0.39, 0.29) is 0 Å². The summed E-state index contributed by atoms with van der Waals surface area (Å²) in [4.78, 5) is 0. The van der Waals surface area contributed by atoms with Crippen molar-refractivity contribution in [2.24, 2.45) is 0 Å². The van der Waals surface area contributed by atoms with Gasteiger partial charge in [-0.25, -0.2) is 0 Å². The molecule has 0 amide bonds. The molecule has 0 atom stereocenters.